The van der Waals surface area contributed by atoms with Crippen LogP contribution in [-0.4, -0.2) is 51.2 Å². The van der Waals surface area contributed by atoms with Crippen molar-refractivity contribution < 1.29 is 14.3 Å². The second kappa shape index (κ2) is 6.69. The number of carbonyl (C=O) groups is 2. The van der Waals surface area contributed by atoms with Crippen molar-refractivity contribution in [3.63, 3.8) is 0 Å². The van der Waals surface area contributed by atoms with Crippen molar-refractivity contribution in [3.8, 4) is 0 Å². The lowest BCUT2D eigenvalue weighted by atomic mass is 10.0. The Labute approximate surface area is 124 Å². The summed E-state index contributed by atoms with van der Waals surface area (Å²) < 4.78 is 5.06. The zero-order chi connectivity index (χ0) is 15.4. The molecule has 1 aromatic rings. The van der Waals surface area contributed by atoms with E-state index in [4.69, 9.17) is 4.74 Å². The van der Waals surface area contributed by atoms with E-state index in [1.807, 2.05) is 13.8 Å². The number of aromatic amines is 1. The molecule has 1 amide bonds. The third-order valence-corrected chi connectivity index (χ3v) is 3.56. The average molecular weight is 294 g/mol. The van der Waals surface area contributed by atoms with Crippen LogP contribution in [0.1, 0.15) is 62.4 Å². The Hall–Kier alpha value is -1.92. The smallest absolute Gasteiger partial charge is 0.328 e. The van der Waals surface area contributed by atoms with Crippen molar-refractivity contribution in [2.75, 3.05) is 13.2 Å². The third kappa shape index (κ3) is 3.40. The Balaban J connectivity index is 2.15. The van der Waals surface area contributed by atoms with Gasteiger partial charge in [0.15, 0.2) is 0 Å². The van der Waals surface area contributed by atoms with Gasteiger partial charge in [0.25, 0.3) is 5.91 Å². The van der Waals surface area contributed by atoms with Crippen LogP contribution in [0.4, 0.5) is 0 Å². The first-order valence-electron chi connectivity index (χ1n) is 7.44. The van der Waals surface area contributed by atoms with Gasteiger partial charge in [0.1, 0.15) is 11.9 Å². The summed E-state index contributed by atoms with van der Waals surface area (Å²) >= 11 is 0. The molecule has 7 nitrogen and oxygen atoms in total. The Morgan fingerprint density at radius 2 is 2.19 bits per heavy atom. The normalized spacial score (nSPS) is 18.9. The van der Waals surface area contributed by atoms with E-state index in [0.717, 1.165) is 12.8 Å². The lowest BCUT2D eigenvalue weighted by Gasteiger charge is -2.33. The molecule has 1 unspecified atom stereocenters. The fourth-order valence-electron chi connectivity index (χ4n) is 2.41. The lowest BCUT2D eigenvalue weighted by molar-refractivity contribution is -0.149. The molecule has 1 aliphatic rings. The first-order chi connectivity index (χ1) is 10.0. The van der Waals surface area contributed by atoms with Crippen LogP contribution >= 0.6 is 0 Å². The molecular formula is C14H22N4O3. The molecule has 0 saturated carbocycles. The predicted molar refractivity (Wildman–Crippen MR) is 75.8 cm³/mol. The Bertz CT molecular complexity index is 512. The topological polar surface area (TPSA) is 88.2 Å². The van der Waals surface area contributed by atoms with Crippen LogP contribution in [0.25, 0.3) is 0 Å². The van der Waals surface area contributed by atoms with E-state index in [0.29, 0.717) is 25.4 Å². The first kappa shape index (κ1) is 15.5. The monoisotopic (exact) mass is 294 g/mol. The van der Waals surface area contributed by atoms with Gasteiger partial charge in [-0.15, -0.1) is 5.10 Å². The lowest BCUT2D eigenvalue weighted by Crippen LogP contribution is -2.49. The quantitative estimate of drug-likeness (QED) is 0.850. The number of hydrogen-bond donors (Lipinski definition) is 1. The summed E-state index contributed by atoms with van der Waals surface area (Å²) in [7, 11) is 0. The van der Waals surface area contributed by atoms with Gasteiger partial charge in [0.2, 0.25) is 5.82 Å². The molecule has 0 aliphatic carbocycles. The Morgan fingerprint density at radius 1 is 1.43 bits per heavy atom. The molecule has 1 aromatic heterocycles. The van der Waals surface area contributed by atoms with Gasteiger partial charge in [-0.2, -0.15) is 0 Å². The summed E-state index contributed by atoms with van der Waals surface area (Å²) in [6, 6.07) is -0.521. The largest absolute Gasteiger partial charge is 0.464 e. The highest BCUT2D eigenvalue weighted by Crippen LogP contribution is 2.20. The van der Waals surface area contributed by atoms with Crippen molar-refractivity contribution >= 4 is 11.9 Å². The van der Waals surface area contributed by atoms with Crippen LogP contribution < -0.4 is 0 Å². The molecule has 1 atom stereocenters. The van der Waals surface area contributed by atoms with Crippen LogP contribution in [0, 0.1) is 0 Å². The van der Waals surface area contributed by atoms with Crippen LogP contribution in [-0.2, 0) is 9.53 Å². The Morgan fingerprint density at radius 3 is 2.81 bits per heavy atom. The standard InChI is InChI=1S/C14H22N4O3/c1-4-21-14(20)10-7-5-6-8-18(10)13(19)12-15-11(9(2)3)16-17-12/h9-10H,4-8H2,1-3H3,(H,15,16,17). The summed E-state index contributed by atoms with van der Waals surface area (Å²) in [5.41, 5.74) is 0. The minimum atomic E-state index is -0.521. The van der Waals surface area contributed by atoms with Gasteiger partial charge in [-0.25, -0.2) is 9.78 Å². The number of hydrogen-bond acceptors (Lipinski definition) is 5. The highest BCUT2D eigenvalue weighted by Gasteiger charge is 2.35. The van der Waals surface area contributed by atoms with Gasteiger partial charge in [-0.05, 0) is 26.2 Å². The number of esters is 1. The number of rotatable bonds is 4. The molecule has 1 fully saturated rings. The molecule has 1 saturated heterocycles. The Kier molecular flexibility index (Phi) is 4.93. The van der Waals surface area contributed by atoms with E-state index < -0.39 is 6.04 Å². The molecule has 0 radical (unpaired) electrons. The predicted octanol–water partition coefficient (Wildman–Crippen LogP) is 1.49. The van der Waals surface area contributed by atoms with E-state index in [9.17, 15) is 9.59 Å². The van der Waals surface area contributed by atoms with Crippen molar-refractivity contribution in [1.29, 1.82) is 0 Å². The number of H-pyrrole nitrogens is 1. The fraction of sp³-hybridized carbons (Fsp3) is 0.714. The minimum Gasteiger partial charge on any atom is -0.464 e. The van der Waals surface area contributed by atoms with E-state index in [1.165, 1.54) is 4.90 Å². The number of piperidine rings is 1. The first-order valence-corrected chi connectivity index (χ1v) is 7.44. The van der Waals surface area contributed by atoms with E-state index in [-0.39, 0.29) is 23.6 Å². The average Bonchev–Trinajstić information content (AvgIpc) is 2.97. The SMILES string of the molecule is CCOC(=O)C1CCCCN1C(=O)c1n[nH]c(C(C)C)n1. The molecule has 0 bridgehead atoms. The van der Waals surface area contributed by atoms with Crippen LogP contribution in [0.3, 0.4) is 0 Å². The summed E-state index contributed by atoms with van der Waals surface area (Å²) in [6.07, 6.45) is 2.42. The summed E-state index contributed by atoms with van der Waals surface area (Å²) in [5.74, 6) is 0.306. The van der Waals surface area contributed by atoms with Crippen LogP contribution in [0.5, 0.6) is 0 Å². The number of amides is 1. The number of carbonyl (C=O) groups excluding carboxylic acids is 2. The van der Waals surface area contributed by atoms with Crippen molar-refractivity contribution in [3.05, 3.63) is 11.6 Å². The van der Waals surface area contributed by atoms with Crippen molar-refractivity contribution in [1.82, 2.24) is 20.1 Å². The summed E-state index contributed by atoms with van der Waals surface area (Å²) in [6.45, 7) is 6.55. The van der Waals surface area contributed by atoms with Gasteiger partial charge < -0.3 is 9.64 Å². The maximum absolute atomic E-state index is 12.5. The molecular weight excluding hydrogens is 272 g/mol. The maximum atomic E-state index is 12.5. The number of ether oxygens (including phenoxy) is 1. The zero-order valence-corrected chi connectivity index (χ0v) is 12.8. The molecule has 116 valence electrons. The molecule has 1 N–H and O–H groups in total. The van der Waals surface area contributed by atoms with Gasteiger partial charge in [-0.3, -0.25) is 9.89 Å². The van der Waals surface area contributed by atoms with Gasteiger partial charge in [-0.1, -0.05) is 13.8 Å². The molecule has 2 rings (SSSR count). The summed E-state index contributed by atoms with van der Waals surface area (Å²) in [5, 5.41) is 6.74. The van der Waals surface area contributed by atoms with Gasteiger partial charge in [0, 0.05) is 12.5 Å². The number of likely N-dealkylation sites (tertiary alicyclic amines) is 1. The molecule has 2 heterocycles. The molecule has 7 heteroatoms. The zero-order valence-electron chi connectivity index (χ0n) is 12.8. The van der Waals surface area contributed by atoms with E-state index in [2.05, 4.69) is 15.2 Å². The van der Waals surface area contributed by atoms with Gasteiger partial charge >= 0.3 is 5.97 Å². The van der Waals surface area contributed by atoms with Gasteiger partial charge in [0.05, 0.1) is 6.61 Å². The molecule has 21 heavy (non-hydrogen) atoms. The highest BCUT2D eigenvalue weighted by molar-refractivity contribution is 5.93. The van der Waals surface area contributed by atoms with Crippen molar-refractivity contribution in [2.45, 2.75) is 52.0 Å². The van der Waals surface area contributed by atoms with Crippen LogP contribution in [0.15, 0.2) is 0 Å². The second-order valence-corrected chi connectivity index (χ2v) is 5.46. The van der Waals surface area contributed by atoms with E-state index in [1.54, 1.807) is 6.92 Å². The second-order valence-electron chi connectivity index (χ2n) is 5.46. The molecule has 0 aromatic carbocycles. The molecule has 0 spiro atoms. The summed E-state index contributed by atoms with van der Waals surface area (Å²) in [4.78, 5) is 30.3. The van der Waals surface area contributed by atoms with Crippen molar-refractivity contribution in [2.24, 2.45) is 0 Å². The minimum absolute atomic E-state index is 0.120. The number of nitrogens with one attached hydrogen (secondary N) is 1. The third-order valence-electron chi connectivity index (χ3n) is 3.56. The molecule has 1 aliphatic heterocycles. The fourth-order valence-corrected chi connectivity index (χ4v) is 2.41. The number of nitrogens with zero attached hydrogens (tertiary/aromatic N) is 3. The number of aromatic nitrogens is 3. The van der Waals surface area contributed by atoms with Crippen LogP contribution in [0.2, 0.25) is 0 Å². The maximum Gasteiger partial charge on any atom is 0.328 e. The highest BCUT2D eigenvalue weighted by atomic mass is 16.5. The van der Waals surface area contributed by atoms with E-state index >= 15 is 0 Å².